The number of carbonyl (C=O) groups excluding carboxylic acids is 3. The van der Waals surface area contributed by atoms with E-state index in [0.717, 1.165) is 95.6 Å². The molecular weight excluding hydrogens is 815 g/mol. The van der Waals surface area contributed by atoms with E-state index < -0.39 is 24.0 Å². The maximum absolute atomic E-state index is 12.4. The zero-order chi connectivity index (χ0) is 46.1. The normalized spacial score (nSPS) is 12.8. The molecular formula is C45H87N7O7S2. The van der Waals surface area contributed by atoms with Crippen molar-refractivity contribution in [2.45, 2.75) is 211 Å². The molecule has 0 bridgehead atoms. The largest absolute Gasteiger partial charge is 0.481 e. The number of amides is 2. The predicted octanol–water partition coefficient (Wildman–Crippen LogP) is 7.44. The summed E-state index contributed by atoms with van der Waals surface area (Å²) >= 11 is 7.79. The smallest absolute Gasteiger partial charge is 0.326 e. The van der Waals surface area contributed by atoms with E-state index in [2.05, 4.69) is 64.6 Å². The number of nitrogens with one attached hydrogen (secondary N) is 5. The molecule has 0 rings (SSSR count). The lowest BCUT2D eigenvalue weighted by Gasteiger charge is -2.17. The molecule has 0 saturated heterocycles. The quantitative estimate of drug-likeness (QED) is 0.0212. The van der Waals surface area contributed by atoms with Crippen LogP contribution in [0.15, 0.2) is 24.6 Å². The lowest BCUT2D eigenvalue weighted by molar-refractivity contribution is -0.142. The van der Waals surface area contributed by atoms with Crippen molar-refractivity contribution in [1.29, 1.82) is 0 Å². The number of hydrogen-bond donors (Lipinski definition) is 11. The van der Waals surface area contributed by atoms with Gasteiger partial charge in [0.25, 0.3) is 0 Å². The van der Waals surface area contributed by atoms with Crippen LogP contribution in [0.3, 0.4) is 0 Å². The molecule has 0 heterocycles. The minimum absolute atomic E-state index is 0.177. The lowest BCUT2D eigenvalue weighted by Crippen LogP contribution is -2.41. The summed E-state index contributed by atoms with van der Waals surface area (Å²) in [7, 11) is 0. The van der Waals surface area contributed by atoms with Crippen LogP contribution in [0.4, 0.5) is 0 Å². The summed E-state index contributed by atoms with van der Waals surface area (Å²) in [6.45, 7) is 13.9. The van der Waals surface area contributed by atoms with E-state index in [9.17, 15) is 29.1 Å². The van der Waals surface area contributed by atoms with Crippen LogP contribution in [0, 0.1) is 0 Å². The molecule has 0 saturated carbocycles. The highest BCUT2D eigenvalue weighted by Gasteiger charge is 2.20. The molecule has 356 valence electrons. The van der Waals surface area contributed by atoms with Crippen LogP contribution >= 0.6 is 25.4 Å². The van der Waals surface area contributed by atoms with Gasteiger partial charge in [0.15, 0.2) is 0 Å². The van der Waals surface area contributed by atoms with E-state index in [1.807, 2.05) is 13.8 Å². The second kappa shape index (κ2) is 42.5. The van der Waals surface area contributed by atoms with Gasteiger partial charge in [-0.05, 0) is 83.5 Å². The molecule has 14 nitrogen and oxygen atoms in total. The first-order valence-corrected chi connectivity index (χ1v) is 24.2. The summed E-state index contributed by atoms with van der Waals surface area (Å²) < 4.78 is 2.66. The number of carbonyl (C=O) groups is 5. The minimum Gasteiger partial charge on any atom is -0.481 e. The Hall–Kier alpha value is -2.79. The van der Waals surface area contributed by atoms with Gasteiger partial charge in [0, 0.05) is 49.9 Å². The average Bonchev–Trinajstić information content (AvgIpc) is 3.23. The van der Waals surface area contributed by atoms with Crippen molar-refractivity contribution in [2.24, 2.45) is 11.5 Å². The molecule has 0 aromatic heterocycles. The molecule has 0 spiro atoms. The molecule has 0 radical (unpaired) electrons. The van der Waals surface area contributed by atoms with Crippen LogP contribution in [-0.4, -0.2) is 82.9 Å². The third-order valence-corrected chi connectivity index (χ3v) is 11.1. The van der Waals surface area contributed by atoms with Gasteiger partial charge in [0.05, 0.1) is 12.1 Å². The zero-order valence-corrected chi connectivity index (χ0v) is 39.7. The molecule has 11 N–H and O–H groups in total. The summed E-state index contributed by atoms with van der Waals surface area (Å²) in [4.78, 5) is 58.5. The van der Waals surface area contributed by atoms with E-state index in [-0.39, 0.29) is 41.9 Å². The van der Waals surface area contributed by atoms with Gasteiger partial charge in [-0.3, -0.25) is 23.9 Å². The van der Waals surface area contributed by atoms with E-state index >= 15 is 0 Å². The van der Waals surface area contributed by atoms with Crippen molar-refractivity contribution >= 4 is 54.3 Å². The fraction of sp³-hybridized carbons (Fsp3) is 0.800. The maximum atomic E-state index is 12.4. The van der Waals surface area contributed by atoms with Crippen molar-refractivity contribution in [3.8, 4) is 0 Å². The number of nitrogens with two attached hydrogens (primary N) is 2. The van der Waals surface area contributed by atoms with Crippen LogP contribution in [0.1, 0.15) is 187 Å². The van der Waals surface area contributed by atoms with Crippen LogP contribution in [0.2, 0.25) is 0 Å². The summed E-state index contributed by atoms with van der Waals surface area (Å²) in [6.07, 6.45) is 23.5. The summed E-state index contributed by atoms with van der Waals surface area (Å²) in [5.74, 6) is -2.17. The molecule has 0 aliphatic rings. The Labute approximate surface area is 380 Å². The highest BCUT2D eigenvalue weighted by atomic mass is 32.1. The summed E-state index contributed by atoms with van der Waals surface area (Å²) in [5, 5.41) is 30.1. The van der Waals surface area contributed by atoms with Gasteiger partial charge in [0.1, 0.15) is 6.04 Å². The van der Waals surface area contributed by atoms with Gasteiger partial charge in [-0.2, -0.15) is 0 Å². The molecule has 0 fully saturated rings. The van der Waals surface area contributed by atoms with E-state index in [4.69, 9.17) is 16.6 Å². The molecule has 0 aromatic carbocycles. The Bertz CT molecular complexity index is 1200. The number of unbranched alkanes of at least 4 members (excludes halogenated alkanes) is 16. The van der Waals surface area contributed by atoms with Gasteiger partial charge >= 0.3 is 11.9 Å². The molecule has 2 amide bonds. The van der Waals surface area contributed by atoms with Crippen molar-refractivity contribution in [3.05, 3.63) is 24.6 Å². The van der Waals surface area contributed by atoms with Crippen molar-refractivity contribution in [1.82, 2.24) is 26.0 Å². The fourth-order valence-corrected chi connectivity index (χ4v) is 7.14. The number of hydrogen-bond acceptors (Lipinski definition) is 11. The van der Waals surface area contributed by atoms with E-state index in [1.54, 1.807) is 0 Å². The fourth-order valence-electron chi connectivity index (χ4n) is 6.60. The van der Waals surface area contributed by atoms with Gasteiger partial charge in [0.2, 0.25) is 16.9 Å². The molecule has 61 heavy (non-hydrogen) atoms. The SMILES string of the molecule is C=C(CCC(NC(=O)CCCCCCCCCCCCCCCCC(=O)O)C(=O)O)NCCCC[C@H](N)C(=O)NCCCCC(N)C(=C)NCCCCC(NS)C(=O)S.CC. The highest BCUT2D eigenvalue weighted by Crippen LogP contribution is 2.14. The second-order valence-corrected chi connectivity index (χ2v) is 16.5. The Kier molecular flexibility index (Phi) is 42.0. The first-order chi connectivity index (χ1) is 29.3. The van der Waals surface area contributed by atoms with Crippen LogP contribution in [-0.2, 0) is 24.0 Å². The number of carboxylic acids is 2. The molecule has 4 atom stereocenters. The zero-order valence-electron chi connectivity index (χ0n) is 37.9. The molecule has 16 heteroatoms. The Balaban J connectivity index is 0. The Morgan fingerprint density at radius 2 is 0.984 bits per heavy atom. The molecule has 0 aromatic rings. The third kappa shape index (κ3) is 38.6. The third-order valence-electron chi connectivity index (χ3n) is 10.5. The second-order valence-electron chi connectivity index (χ2n) is 15.8. The standard InChI is InChI=1S/C43H81N7O7S2.C2H6/c1-33(28-29-37(42(55)56)49-39(51)26-15-13-11-9-7-5-3-4-6-8-10-12-14-16-27-40(52)53)46-30-20-18-24-36(45)41(54)48-32-21-17-23-35(44)34(2)47-31-22-19-25-38(50-59)43(57)58;1-2/h35-38,46-47,50,59H,1-32,44-45H2,(H,48,54)(H,49,51)(H,52,53)(H,55,56)(H,57,58);1-2H3/t35?,36-,37?,38?;/m0./s1. The van der Waals surface area contributed by atoms with Crippen LogP contribution in [0.25, 0.3) is 0 Å². The molecule has 0 aliphatic heterocycles. The summed E-state index contributed by atoms with van der Waals surface area (Å²) in [5.41, 5.74) is 13.8. The molecule has 0 aliphatic carbocycles. The predicted molar refractivity (Wildman–Crippen MR) is 256 cm³/mol. The number of rotatable bonds is 43. The first-order valence-electron chi connectivity index (χ1n) is 23.3. The number of thiol groups is 2. The lowest BCUT2D eigenvalue weighted by atomic mass is 10.0. The average molecular weight is 902 g/mol. The van der Waals surface area contributed by atoms with Crippen molar-refractivity contribution < 1.29 is 34.2 Å². The number of allylic oxidation sites excluding steroid dienone is 1. The van der Waals surface area contributed by atoms with Crippen molar-refractivity contribution in [3.63, 3.8) is 0 Å². The van der Waals surface area contributed by atoms with Crippen molar-refractivity contribution in [2.75, 3.05) is 19.6 Å². The first kappa shape index (κ1) is 60.3. The van der Waals surface area contributed by atoms with Gasteiger partial charge < -0.3 is 42.9 Å². The number of aliphatic carboxylic acids is 2. The van der Waals surface area contributed by atoms with Crippen LogP contribution < -0.4 is 37.5 Å². The Morgan fingerprint density at radius 1 is 0.541 bits per heavy atom. The monoisotopic (exact) mass is 902 g/mol. The van der Waals surface area contributed by atoms with E-state index in [0.29, 0.717) is 51.0 Å². The van der Waals surface area contributed by atoms with E-state index in [1.165, 1.54) is 44.9 Å². The van der Waals surface area contributed by atoms with Crippen LogP contribution in [0.5, 0.6) is 0 Å². The van der Waals surface area contributed by atoms with Gasteiger partial charge in [-0.1, -0.05) is 117 Å². The molecule has 3 unspecified atom stereocenters. The Morgan fingerprint density at radius 3 is 1.46 bits per heavy atom. The topological polar surface area (TPSA) is 238 Å². The minimum atomic E-state index is -1.05. The number of carboxylic acid groups (broad SMARTS) is 2. The highest BCUT2D eigenvalue weighted by molar-refractivity contribution is 7.96. The van der Waals surface area contributed by atoms with Gasteiger partial charge in [-0.25, -0.2) is 4.79 Å². The summed E-state index contributed by atoms with van der Waals surface area (Å²) in [6, 6.07) is -2.11. The maximum Gasteiger partial charge on any atom is 0.326 e. The van der Waals surface area contributed by atoms with Gasteiger partial charge in [-0.15, -0.1) is 12.6 Å².